The quantitative estimate of drug-likeness (QED) is 0.560. The second-order valence-electron chi connectivity index (χ2n) is 4.55. The van der Waals surface area contributed by atoms with E-state index in [1.54, 1.807) is 13.0 Å². The topological polar surface area (TPSA) is 44.8 Å². The fourth-order valence-corrected chi connectivity index (χ4v) is 2.40. The fraction of sp³-hybridized carbons (Fsp3) is 0.769. The molecule has 1 heterocycles. The average Bonchev–Trinajstić information content (AvgIpc) is 2.71. The average molecular weight is 240 g/mol. The molecule has 17 heavy (non-hydrogen) atoms. The Bertz CT molecular complexity index is 292. The van der Waals surface area contributed by atoms with Gasteiger partial charge in [0.1, 0.15) is 6.10 Å². The van der Waals surface area contributed by atoms with Gasteiger partial charge in [-0.15, -0.1) is 0 Å². The SMILES string of the molecule is CCOC(=O)/C=C\[C@H]1COC2(CCCCC2)O1. The standard InChI is InChI=1S/C13H20O4/c1-2-15-12(14)7-6-11-10-16-13(17-11)8-4-3-5-9-13/h6-7,11H,2-5,8-10H2,1H3/b7-6-/t11-/m0/s1. The van der Waals surface area contributed by atoms with Gasteiger partial charge in [-0.05, 0) is 25.8 Å². The van der Waals surface area contributed by atoms with Crippen LogP contribution in [-0.4, -0.2) is 31.1 Å². The van der Waals surface area contributed by atoms with Gasteiger partial charge in [0.05, 0.1) is 13.2 Å². The monoisotopic (exact) mass is 240 g/mol. The highest BCUT2D eigenvalue weighted by molar-refractivity contribution is 5.81. The van der Waals surface area contributed by atoms with Gasteiger partial charge in [-0.3, -0.25) is 0 Å². The summed E-state index contributed by atoms with van der Waals surface area (Å²) in [6, 6.07) is 0. The predicted molar refractivity (Wildman–Crippen MR) is 62.4 cm³/mol. The Morgan fingerprint density at radius 3 is 2.88 bits per heavy atom. The van der Waals surface area contributed by atoms with Crippen LogP contribution in [-0.2, 0) is 19.0 Å². The smallest absolute Gasteiger partial charge is 0.330 e. The molecule has 1 saturated heterocycles. The van der Waals surface area contributed by atoms with Crippen molar-refractivity contribution in [2.75, 3.05) is 13.2 Å². The van der Waals surface area contributed by atoms with Crippen LogP contribution in [0.5, 0.6) is 0 Å². The minimum absolute atomic E-state index is 0.113. The number of hydrogen-bond acceptors (Lipinski definition) is 4. The molecule has 4 heteroatoms. The van der Waals surface area contributed by atoms with E-state index in [0.717, 1.165) is 25.7 Å². The first kappa shape index (κ1) is 12.6. The summed E-state index contributed by atoms with van der Waals surface area (Å²) in [5, 5.41) is 0. The van der Waals surface area contributed by atoms with Crippen molar-refractivity contribution in [1.82, 2.24) is 0 Å². The molecule has 2 aliphatic rings. The van der Waals surface area contributed by atoms with Crippen LogP contribution in [0.1, 0.15) is 39.0 Å². The maximum Gasteiger partial charge on any atom is 0.330 e. The lowest BCUT2D eigenvalue weighted by molar-refractivity contribution is -0.183. The molecule has 2 rings (SSSR count). The minimum Gasteiger partial charge on any atom is -0.463 e. The van der Waals surface area contributed by atoms with Crippen molar-refractivity contribution in [1.29, 1.82) is 0 Å². The molecule has 0 bridgehead atoms. The van der Waals surface area contributed by atoms with Crippen molar-refractivity contribution in [2.45, 2.75) is 50.9 Å². The van der Waals surface area contributed by atoms with Crippen LogP contribution in [0.3, 0.4) is 0 Å². The summed E-state index contributed by atoms with van der Waals surface area (Å²) in [5.41, 5.74) is 0. The largest absolute Gasteiger partial charge is 0.463 e. The number of esters is 1. The van der Waals surface area contributed by atoms with Gasteiger partial charge in [0, 0.05) is 18.9 Å². The van der Waals surface area contributed by atoms with Crippen LogP contribution in [0.4, 0.5) is 0 Å². The summed E-state index contributed by atoms with van der Waals surface area (Å²) in [6.07, 6.45) is 8.58. The molecule has 1 aliphatic carbocycles. The van der Waals surface area contributed by atoms with Crippen molar-refractivity contribution in [2.24, 2.45) is 0 Å². The zero-order valence-corrected chi connectivity index (χ0v) is 10.3. The molecule has 96 valence electrons. The first-order valence-corrected chi connectivity index (χ1v) is 6.41. The maximum absolute atomic E-state index is 11.2. The number of carbonyl (C=O) groups excluding carboxylic acids is 1. The molecule has 0 aromatic carbocycles. The molecule has 0 amide bonds. The lowest BCUT2D eigenvalue weighted by atomic mass is 9.94. The molecular weight excluding hydrogens is 220 g/mol. The van der Waals surface area contributed by atoms with E-state index in [9.17, 15) is 4.79 Å². The molecule has 0 aromatic heterocycles. The van der Waals surface area contributed by atoms with Crippen molar-refractivity contribution >= 4 is 5.97 Å². The Hall–Kier alpha value is -0.870. The van der Waals surface area contributed by atoms with Crippen LogP contribution in [0, 0.1) is 0 Å². The molecule has 0 N–H and O–H groups in total. The third-order valence-electron chi connectivity index (χ3n) is 3.23. The summed E-state index contributed by atoms with van der Waals surface area (Å²) in [7, 11) is 0. The Labute approximate surface area is 102 Å². The number of ether oxygens (including phenoxy) is 3. The van der Waals surface area contributed by atoms with Crippen molar-refractivity contribution in [3.8, 4) is 0 Å². The van der Waals surface area contributed by atoms with Crippen LogP contribution in [0.15, 0.2) is 12.2 Å². The molecule has 0 unspecified atom stereocenters. The van der Waals surface area contributed by atoms with Gasteiger partial charge in [0.2, 0.25) is 0 Å². The first-order valence-electron chi connectivity index (χ1n) is 6.41. The van der Waals surface area contributed by atoms with Gasteiger partial charge in [0.15, 0.2) is 5.79 Å². The Kier molecular flexibility index (Phi) is 4.18. The summed E-state index contributed by atoms with van der Waals surface area (Å²) >= 11 is 0. The van der Waals surface area contributed by atoms with Gasteiger partial charge in [-0.1, -0.05) is 6.42 Å². The van der Waals surface area contributed by atoms with E-state index in [1.165, 1.54) is 12.5 Å². The zero-order chi connectivity index (χ0) is 12.1. The Balaban J connectivity index is 1.83. The highest BCUT2D eigenvalue weighted by Gasteiger charge is 2.41. The summed E-state index contributed by atoms with van der Waals surface area (Å²) in [6.45, 7) is 2.73. The van der Waals surface area contributed by atoms with Crippen LogP contribution >= 0.6 is 0 Å². The second-order valence-corrected chi connectivity index (χ2v) is 4.55. The molecule has 1 aliphatic heterocycles. The van der Waals surface area contributed by atoms with E-state index < -0.39 is 0 Å². The molecule has 1 saturated carbocycles. The summed E-state index contributed by atoms with van der Waals surface area (Å²) in [5.74, 6) is -0.692. The molecule has 1 spiro atoms. The summed E-state index contributed by atoms with van der Waals surface area (Å²) in [4.78, 5) is 11.2. The van der Waals surface area contributed by atoms with Gasteiger partial charge in [-0.2, -0.15) is 0 Å². The fourth-order valence-electron chi connectivity index (χ4n) is 2.40. The molecule has 0 radical (unpaired) electrons. The van der Waals surface area contributed by atoms with E-state index in [1.807, 2.05) is 0 Å². The highest BCUT2D eigenvalue weighted by atomic mass is 16.7. The summed E-state index contributed by atoms with van der Waals surface area (Å²) < 4.78 is 16.5. The predicted octanol–water partition coefficient (Wildman–Crippen LogP) is 2.18. The third kappa shape index (κ3) is 3.30. The van der Waals surface area contributed by atoms with E-state index in [-0.39, 0.29) is 17.9 Å². The lowest BCUT2D eigenvalue weighted by Crippen LogP contribution is -2.33. The van der Waals surface area contributed by atoms with E-state index in [4.69, 9.17) is 14.2 Å². The second kappa shape index (κ2) is 5.65. The lowest BCUT2D eigenvalue weighted by Gasteiger charge is -2.31. The normalized spacial score (nSPS) is 27.7. The van der Waals surface area contributed by atoms with Gasteiger partial charge < -0.3 is 14.2 Å². The van der Waals surface area contributed by atoms with Crippen LogP contribution < -0.4 is 0 Å². The van der Waals surface area contributed by atoms with Crippen molar-refractivity contribution in [3.63, 3.8) is 0 Å². The van der Waals surface area contributed by atoms with E-state index >= 15 is 0 Å². The molecule has 2 fully saturated rings. The number of rotatable bonds is 3. The van der Waals surface area contributed by atoms with E-state index in [0.29, 0.717) is 13.2 Å². The zero-order valence-electron chi connectivity index (χ0n) is 10.3. The van der Waals surface area contributed by atoms with Gasteiger partial charge >= 0.3 is 5.97 Å². The van der Waals surface area contributed by atoms with Gasteiger partial charge in [0.25, 0.3) is 0 Å². The van der Waals surface area contributed by atoms with E-state index in [2.05, 4.69) is 0 Å². The molecule has 0 aromatic rings. The highest BCUT2D eigenvalue weighted by Crippen LogP contribution is 2.37. The number of carbonyl (C=O) groups is 1. The third-order valence-corrected chi connectivity index (χ3v) is 3.23. The van der Waals surface area contributed by atoms with Crippen LogP contribution in [0.2, 0.25) is 0 Å². The Morgan fingerprint density at radius 1 is 1.41 bits per heavy atom. The number of hydrogen-bond donors (Lipinski definition) is 0. The first-order chi connectivity index (χ1) is 8.24. The molecule has 4 nitrogen and oxygen atoms in total. The van der Waals surface area contributed by atoms with Gasteiger partial charge in [-0.25, -0.2) is 4.79 Å². The van der Waals surface area contributed by atoms with Crippen LogP contribution in [0.25, 0.3) is 0 Å². The Morgan fingerprint density at radius 2 is 2.18 bits per heavy atom. The molecular formula is C13H20O4. The molecule has 1 atom stereocenters. The maximum atomic E-state index is 11.2. The minimum atomic E-state index is -0.373. The van der Waals surface area contributed by atoms with Crippen molar-refractivity contribution < 1.29 is 19.0 Å². The van der Waals surface area contributed by atoms with Crippen molar-refractivity contribution in [3.05, 3.63) is 12.2 Å².